The van der Waals surface area contributed by atoms with E-state index in [1.165, 1.54) is 12.1 Å². The zero-order valence-corrected chi connectivity index (χ0v) is 22.5. The summed E-state index contributed by atoms with van der Waals surface area (Å²) in [5.74, 6) is -1.66. The normalized spacial score (nSPS) is 12.1. The van der Waals surface area contributed by atoms with E-state index in [2.05, 4.69) is 10.6 Å². The first-order chi connectivity index (χ1) is 16.6. The van der Waals surface area contributed by atoms with Gasteiger partial charge in [-0.1, -0.05) is 42.5 Å². The Morgan fingerprint density at radius 2 is 1.56 bits per heavy atom. The minimum Gasteiger partial charge on any atom is -1.00 e. The Kier molecular flexibility index (Phi) is 13.6. The molecule has 0 aliphatic rings. The Labute approximate surface area is 223 Å². The molecule has 0 fully saturated rings. The molecular formula is C25H31BrN2O7S. The van der Waals surface area contributed by atoms with Gasteiger partial charge in [-0.3, -0.25) is 9.59 Å². The summed E-state index contributed by atoms with van der Waals surface area (Å²) in [6, 6.07) is 12.6. The molecule has 0 heterocycles. The molecule has 9 nitrogen and oxygen atoms in total. The summed E-state index contributed by atoms with van der Waals surface area (Å²) in [5.41, 5.74) is 1.39. The van der Waals surface area contributed by atoms with Gasteiger partial charge in [0.05, 0.1) is 12.5 Å². The number of carbonyl (C=O) groups is 4. The van der Waals surface area contributed by atoms with Crippen molar-refractivity contribution in [2.24, 2.45) is 0 Å². The lowest BCUT2D eigenvalue weighted by atomic mass is 10.0. The second-order valence-electron chi connectivity index (χ2n) is 8.24. The van der Waals surface area contributed by atoms with Crippen molar-refractivity contribution < 1.29 is 51.1 Å². The monoisotopic (exact) mass is 582 g/mol. The van der Waals surface area contributed by atoms with Crippen molar-refractivity contribution in [3.05, 3.63) is 65.7 Å². The number of hydrogen-bond donors (Lipinski definition) is 4. The lowest BCUT2D eigenvalue weighted by Crippen LogP contribution is -3.00. The number of rotatable bonds is 13. The predicted molar refractivity (Wildman–Crippen MR) is 133 cm³/mol. The molecule has 0 aliphatic carbocycles. The van der Waals surface area contributed by atoms with Crippen LogP contribution in [-0.2, 0) is 43.0 Å². The second kappa shape index (κ2) is 15.8. The number of carbonyl (C=O) groups excluding carboxylic acids is 3. The van der Waals surface area contributed by atoms with E-state index < -0.39 is 30.1 Å². The van der Waals surface area contributed by atoms with Crippen molar-refractivity contribution >= 4 is 34.6 Å². The van der Waals surface area contributed by atoms with Crippen LogP contribution in [0.1, 0.15) is 24.0 Å². The van der Waals surface area contributed by atoms with Crippen LogP contribution in [0.25, 0.3) is 0 Å². The van der Waals surface area contributed by atoms with Crippen molar-refractivity contribution in [2.45, 2.75) is 38.0 Å². The summed E-state index contributed by atoms with van der Waals surface area (Å²) in [5, 5.41) is 24.0. The molecule has 0 radical (unpaired) electrons. The highest BCUT2D eigenvalue weighted by Crippen LogP contribution is 2.12. The molecule has 4 N–H and O–H groups in total. The highest BCUT2D eigenvalue weighted by atomic mass is 79.9. The Hall–Kier alpha value is -3.05. The molecule has 0 saturated carbocycles. The van der Waals surface area contributed by atoms with Gasteiger partial charge < -0.3 is 42.6 Å². The third-order valence-electron chi connectivity index (χ3n) is 4.97. The van der Waals surface area contributed by atoms with Gasteiger partial charge >= 0.3 is 12.1 Å². The molecule has 0 bridgehead atoms. The van der Waals surface area contributed by atoms with Crippen LogP contribution in [0.3, 0.4) is 0 Å². The van der Waals surface area contributed by atoms with E-state index in [-0.39, 0.29) is 65.3 Å². The third kappa shape index (κ3) is 11.6. The van der Waals surface area contributed by atoms with Crippen molar-refractivity contribution in [1.29, 1.82) is 0 Å². The number of phenols is 1. The number of ether oxygens (including phenoxy) is 1. The number of ketones is 1. The van der Waals surface area contributed by atoms with E-state index in [4.69, 9.17) is 4.74 Å². The molecule has 2 atom stereocenters. The molecule has 0 spiro atoms. The third-order valence-corrected chi connectivity index (χ3v) is 5.87. The molecule has 2 aromatic carbocycles. The standard InChI is InChI=1S/C25H30N2O7S.BrH/c1-35(2)16-20(29)12-13-21(24(31)32)26-23(30)22(14-17-8-10-19(28)11-9-17)27-25(33)34-15-18-6-4-3-5-7-18;/h3-11,21-22H,12-16H2,1-2H3,(H3-,26,27,28,30,31,32,33);1H. The van der Waals surface area contributed by atoms with E-state index in [1.807, 2.05) is 18.6 Å². The first kappa shape index (κ1) is 31.0. The van der Waals surface area contributed by atoms with Gasteiger partial charge in [0.25, 0.3) is 0 Å². The molecule has 2 unspecified atom stereocenters. The summed E-state index contributed by atoms with van der Waals surface area (Å²) in [6.45, 7) is -0.00337. The maximum absolute atomic E-state index is 13.0. The minimum absolute atomic E-state index is 0. The first-order valence-corrected chi connectivity index (χ1v) is 13.2. The summed E-state index contributed by atoms with van der Waals surface area (Å²) in [4.78, 5) is 49.1. The van der Waals surface area contributed by atoms with Crippen LogP contribution in [0.4, 0.5) is 4.79 Å². The number of hydrogen-bond acceptors (Lipinski definition) is 6. The van der Waals surface area contributed by atoms with Crippen molar-refractivity contribution in [1.82, 2.24) is 10.6 Å². The van der Waals surface area contributed by atoms with Crippen LogP contribution in [-0.4, -0.2) is 64.3 Å². The highest BCUT2D eigenvalue weighted by Gasteiger charge is 2.28. The summed E-state index contributed by atoms with van der Waals surface area (Å²) < 4.78 is 5.20. The van der Waals surface area contributed by atoms with Gasteiger partial charge in [0.2, 0.25) is 5.91 Å². The molecular weight excluding hydrogens is 552 g/mol. The lowest BCUT2D eigenvalue weighted by Gasteiger charge is -2.21. The van der Waals surface area contributed by atoms with Gasteiger partial charge in [-0.05, 0) is 40.6 Å². The largest absolute Gasteiger partial charge is 1.00 e. The molecule has 2 rings (SSSR count). The van der Waals surface area contributed by atoms with Gasteiger partial charge in [0, 0.05) is 12.8 Å². The van der Waals surface area contributed by atoms with Gasteiger partial charge in [-0.25, -0.2) is 9.59 Å². The van der Waals surface area contributed by atoms with Crippen LogP contribution in [0.2, 0.25) is 0 Å². The van der Waals surface area contributed by atoms with E-state index in [0.717, 1.165) is 5.56 Å². The molecule has 2 aromatic rings. The Morgan fingerprint density at radius 3 is 2.14 bits per heavy atom. The number of phenolic OH excluding ortho intramolecular Hbond substituents is 1. The Morgan fingerprint density at radius 1 is 0.917 bits per heavy atom. The van der Waals surface area contributed by atoms with E-state index in [9.17, 15) is 29.4 Å². The summed E-state index contributed by atoms with van der Waals surface area (Å²) in [7, 11) is -0.0998. The van der Waals surface area contributed by atoms with Crippen LogP contribution in [0, 0.1) is 0 Å². The van der Waals surface area contributed by atoms with Gasteiger partial charge in [-0.2, -0.15) is 0 Å². The maximum Gasteiger partial charge on any atom is 0.408 e. The number of amides is 2. The highest BCUT2D eigenvalue weighted by molar-refractivity contribution is 7.96. The molecule has 36 heavy (non-hydrogen) atoms. The minimum atomic E-state index is -1.29. The van der Waals surface area contributed by atoms with E-state index >= 15 is 0 Å². The maximum atomic E-state index is 13.0. The predicted octanol–water partition coefficient (Wildman–Crippen LogP) is -0.970. The van der Waals surface area contributed by atoms with Crippen LogP contribution < -0.4 is 27.6 Å². The number of benzene rings is 2. The fourth-order valence-corrected chi connectivity index (χ4v) is 4.00. The Balaban J connectivity index is 0.00000648. The van der Waals surface area contributed by atoms with E-state index in [0.29, 0.717) is 11.3 Å². The van der Waals surface area contributed by atoms with E-state index in [1.54, 1.807) is 36.4 Å². The summed E-state index contributed by atoms with van der Waals surface area (Å²) in [6.07, 6.45) is 3.01. The summed E-state index contributed by atoms with van der Waals surface area (Å²) >= 11 is 0. The fourth-order valence-electron chi connectivity index (χ4n) is 3.21. The van der Waals surface area contributed by atoms with Crippen LogP contribution in [0.5, 0.6) is 5.75 Å². The van der Waals surface area contributed by atoms with Crippen LogP contribution in [0.15, 0.2) is 54.6 Å². The number of alkyl carbamates (subject to hydrolysis) is 1. The zero-order valence-electron chi connectivity index (χ0n) is 20.1. The first-order valence-electron chi connectivity index (χ1n) is 11.0. The molecule has 0 aromatic heterocycles. The number of nitrogens with one attached hydrogen (secondary N) is 2. The zero-order chi connectivity index (χ0) is 25.8. The van der Waals surface area contributed by atoms with Crippen molar-refractivity contribution in [2.75, 3.05) is 18.3 Å². The second-order valence-corrected chi connectivity index (χ2v) is 10.5. The van der Waals surface area contributed by atoms with Gasteiger partial charge in [0.15, 0.2) is 11.5 Å². The fraction of sp³-hybridized carbons (Fsp3) is 0.360. The quantitative estimate of drug-likeness (QED) is 0.223. The topological polar surface area (TPSA) is 142 Å². The average Bonchev–Trinajstić information content (AvgIpc) is 2.81. The van der Waals surface area contributed by atoms with Crippen molar-refractivity contribution in [3.63, 3.8) is 0 Å². The lowest BCUT2D eigenvalue weighted by molar-refractivity contribution is -0.142. The molecule has 2 amide bonds. The number of Topliss-reactive ketones (excluding diaryl/α,β-unsaturated/α-hetero) is 1. The molecule has 196 valence electrons. The molecule has 0 aliphatic heterocycles. The SMILES string of the molecule is C[S+](C)CC(=O)CCC(NC(=O)C(Cc1ccc(O)cc1)NC(=O)OCc1ccccc1)C(=O)O.[Br-]. The van der Waals surface area contributed by atoms with Crippen LogP contribution >= 0.6 is 0 Å². The average molecular weight is 584 g/mol. The Bertz CT molecular complexity index is 1000. The van der Waals surface area contributed by atoms with Gasteiger partial charge in [0.1, 0.15) is 24.4 Å². The smallest absolute Gasteiger partial charge is 0.408 e. The molecule has 0 saturated heterocycles. The van der Waals surface area contributed by atoms with Gasteiger partial charge in [-0.15, -0.1) is 0 Å². The number of aliphatic carboxylic acids is 1. The number of carboxylic acids is 1. The number of carboxylic acid groups (broad SMARTS) is 1. The molecule has 11 heteroatoms. The van der Waals surface area contributed by atoms with Crippen molar-refractivity contribution in [3.8, 4) is 5.75 Å². The number of halogens is 1. The number of aromatic hydroxyl groups is 1.